The van der Waals surface area contributed by atoms with Crippen LogP contribution in [0.3, 0.4) is 0 Å². The maximum atomic E-state index is 12.8. The number of rotatable bonds is 6. The molecule has 0 aliphatic carbocycles. The van der Waals surface area contributed by atoms with E-state index >= 15 is 0 Å². The fourth-order valence-corrected chi connectivity index (χ4v) is 2.05. The first-order valence-corrected chi connectivity index (χ1v) is 7.89. The number of nitrogens with one attached hydrogen (secondary N) is 2. The van der Waals surface area contributed by atoms with Crippen LogP contribution in [-0.2, 0) is 9.59 Å². The molecule has 0 aliphatic rings. The summed E-state index contributed by atoms with van der Waals surface area (Å²) < 4.78 is 12.8. The Balaban J connectivity index is 1.77. The number of carbonyl (C=O) groups excluding carboxylic acids is 2. The van der Waals surface area contributed by atoms with E-state index in [0.29, 0.717) is 11.4 Å². The first-order chi connectivity index (χ1) is 11.9. The molecule has 5 nitrogen and oxygen atoms in total. The van der Waals surface area contributed by atoms with Gasteiger partial charge in [0.25, 0.3) is 0 Å². The van der Waals surface area contributed by atoms with Gasteiger partial charge >= 0.3 is 0 Å². The van der Waals surface area contributed by atoms with Crippen molar-refractivity contribution in [1.29, 1.82) is 0 Å². The maximum absolute atomic E-state index is 12.8. The number of halogens is 1. The number of hydrogen-bond donors (Lipinski definition) is 2. The Morgan fingerprint density at radius 3 is 2.20 bits per heavy atom. The molecule has 2 N–H and O–H groups in total. The van der Waals surface area contributed by atoms with Gasteiger partial charge in [-0.25, -0.2) is 9.82 Å². The van der Waals surface area contributed by atoms with Crippen LogP contribution in [0.4, 0.5) is 10.1 Å². The highest BCUT2D eigenvalue weighted by Crippen LogP contribution is 2.09. The lowest BCUT2D eigenvalue weighted by atomic mass is 10.1. The molecule has 0 aliphatic heterocycles. The average Bonchev–Trinajstić information content (AvgIpc) is 2.60. The van der Waals surface area contributed by atoms with E-state index < -0.39 is 0 Å². The zero-order valence-electron chi connectivity index (χ0n) is 14.2. The summed E-state index contributed by atoms with van der Waals surface area (Å²) in [7, 11) is 0. The summed E-state index contributed by atoms with van der Waals surface area (Å²) >= 11 is 0. The molecule has 0 spiro atoms. The van der Waals surface area contributed by atoms with Crippen LogP contribution in [0.2, 0.25) is 0 Å². The minimum Gasteiger partial charge on any atom is -0.326 e. The van der Waals surface area contributed by atoms with Gasteiger partial charge in [-0.05, 0) is 43.7 Å². The van der Waals surface area contributed by atoms with Crippen molar-refractivity contribution in [3.05, 3.63) is 65.5 Å². The van der Waals surface area contributed by atoms with Crippen LogP contribution in [0.25, 0.3) is 0 Å². The quantitative estimate of drug-likeness (QED) is 0.624. The average molecular weight is 341 g/mol. The molecule has 130 valence electrons. The molecule has 0 aromatic heterocycles. The minimum atomic E-state index is -0.376. The number of amides is 2. The summed E-state index contributed by atoms with van der Waals surface area (Å²) in [5, 5.41) is 6.64. The lowest BCUT2D eigenvalue weighted by molar-refractivity contribution is -0.124. The molecule has 2 amide bonds. The lowest BCUT2D eigenvalue weighted by Crippen LogP contribution is -2.21. The molecular formula is C19H20FN3O2. The Morgan fingerprint density at radius 2 is 1.56 bits per heavy atom. The largest absolute Gasteiger partial charge is 0.326 e. The fourth-order valence-electron chi connectivity index (χ4n) is 2.05. The fraction of sp³-hybridized carbons (Fsp3) is 0.211. The summed E-state index contributed by atoms with van der Waals surface area (Å²) in [5.74, 6) is -1.04. The third-order valence-electron chi connectivity index (χ3n) is 3.52. The second kappa shape index (κ2) is 8.73. The molecular weight excluding hydrogens is 321 g/mol. The van der Waals surface area contributed by atoms with Gasteiger partial charge in [-0.15, -0.1) is 0 Å². The van der Waals surface area contributed by atoms with E-state index in [4.69, 9.17) is 0 Å². The highest BCUT2D eigenvalue weighted by atomic mass is 19.1. The third kappa shape index (κ3) is 6.18. The van der Waals surface area contributed by atoms with Crippen molar-refractivity contribution < 1.29 is 14.0 Å². The summed E-state index contributed by atoms with van der Waals surface area (Å²) in [6, 6.07) is 13.2. The molecule has 0 saturated carbocycles. The normalized spacial score (nSPS) is 11.1. The van der Waals surface area contributed by atoms with Gasteiger partial charge < -0.3 is 5.32 Å². The summed E-state index contributed by atoms with van der Waals surface area (Å²) in [5.41, 5.74) is 5.67. The standard InChI is InChI=1S/C19H20FN3O2/c1-13-3-5-15(6-4-13)14(2)22-23-19(25)12-11-18(24)21-17-9-7-16(20)8-10-17/h3-10H,11-12H2,1-2H3,(H,21,24)(H,23,25). The van der Waals surface area contributed by atoms with Crippen molar-refractivity contribution in [2.45, 2.75) is 26.7 Å². The van der Waals surface area contributed by atoms with Crippen LogP contribution in [0.1, 0.15) is 30.9 Å². The molecule has 0 unspecified atom stereocenters. The minimum absolute atomic E-state index is 0.0116. The molecule has 0 fully saturated rings. The Labute approximate surface area is 145 Å². The van der Waals surface area contributed by atoms with Gasteiger partial charge in [-0.3, -0.25) is 9.59 Å². The zero-order chi connectivity index (χ0) is 18.2. The topological polar surface area (TPSA) is 70.6 Å². The molecule has 0 bridgehead atoms. The van der Waals surface area contributed by atoms with Crippen molar-refractivity contribution >= 4 is 23.2 Å². The number of aryl methyl sites for hydroxylation is 1. The van der Waals surface area contributed by atoms with Crippen molar-refractivity contribution in [3.8, 4) is 0 Å². The van der Waals surface area contributed by atoms with E-state index in [-0.39, 0.29) is 30.5 Å². The van der Waals surface area contributed by atoms with E-state index in [1.807, 2.05) is 31.2 Å². The smallest absolute Gasteiger partial charge is 0.240 e. The van der Waals surface area contributed by atoms with Gasteiger partial charge in [0.05, 0.1) is 5.71 Å². The van der Waals surface area contributed by atoms with Gasteiger partial charge in [0.1, 0.15) is 5.82 Å². The third-order valence-corrected chi connectivity index (χ3v) is 3.52. The van der Waals surface area contributed by atoms with Gasteiger partial charge in [0.2, 0.25) is 11.8 Å². The summed E-state index contributed by atoms with van der Waals surface area (Å²) in [6.45, 7) is 3.79. The number of benzene rings is 2. The van der Waals surface area contributed by atoms with E-state index in [1.54, 1.807) is 6.92 Å². The van der Waals surface area contributed by atoms with Crippen LogP contribution in [0, 0.1) is 12.7 Å². The highest BCUT2D eigenvalue weighted by molar-refractivity contribution is 5.99. The SMILES string of the molecule is CC(=NNC(=O)CCC(=O)Nc1ccc(F)cc1)c1ccc(C)cc1. The van der Waals surface area contributed by atoms with Crippen LogP contribution in [0.5, 0.6) is 0 Å². The molecule has 2 rings (SSSR count). The van der Waals surface area contributed by atoms with E-state index in [1.165, 1.54) is 24.3 Å². The number of carbonyl (C=O) groups is 2. The van der Waals surface area contributed by atoms with Gasteiger partial charge in [0, 0.05) is 18.5 Å². The first kappa shape index (κ1) is 18.3. The molecule has 6 heteroatoms. The Morgan fingerprint density at radius 1 is 0.960 bits per heavy atom. The monoisotopic (exact) mass is 341 g/mol. The van der Waals surface area contributed by atoms with Crippen molar-refractivity contribution in [3.63, 3.8) is 0 Å². The zero-order valence-corrected chi connectivity index (χ0v) is 14.2. The Hall–Kier alpha value is -3.02. The van der Waals surface area contributed by atoms with Crippen LogP contribution in [-0.4, -0.2) is 17.5 Å². The highest BCUT2D eigenvalue weighted by Gasteiger charge is 2.07. The van der Waals surface area contributed by atoms with E-state index in [9.17, 15) is 14.0 Å². The number of nitrogens with zero attached hydrogens (tertiary/aromatic N) is 1. The number of hydrogen-bond acceptors (Lipinski definition) is 3. The van der Waals surface area contributed by atoms with Gasteiger partial charge in [-0.1, -0.05) is 29.8 Å². The predicted octanol–water partition coefficient (Wildman–Crippen LogP) is 3.39. The number of hydrazone groups is 1. The molecule has 0 radical (unpaired) electrons. The van der Waals surface area contributed by atoms with Crippen LogP contribution in [0.15, 0.2) is 53.6 Å². The van der Waals surface area contributed by atoms with Crippen LogP contribution >= 0.6 is 0 Å². The maximum Gasteiger partial charge on any atom is 0.240 e. The van der Waals surface area contributed by atoms with E-state index in [2.05, 4.69) is 15.8 Å². The van der Waals surface area contributed by atoms with Gasteiger partial charge in [0.15, 0.2) is 0 Å². The second-order valence-corrected chi connectivity index (χ2v) is 5.65. The molecule has 0 heterocycles. The molecule has 25 heavy (non-hydrogen) atoms. The second-order valence-electron chi connectivity index (χ2n) is 5.65. The first-order valence-electron chi connectivity index (χ1n) is 7.89. The van der Waals surface area contributed by atoms with Gasteiger partial charge in [-0.2, -0.15) is 5.10 Å². The Bertz CT molecular complexity index is 768. The molecule has 2 aromatic carbocycles. The molecule has 2 aromatic rings. The van der Waals surface area contributed by atoms with E-state index in [0.717, 1.165) is 11.1 Å². The number of anilines is 1. The predicted molar refractivity (Wildman–Crippen MR) is 95.8 cm³/mol. The van der Waals surface area contributed by atoms with Crippen molar-refractivity contribution in [2.75, 3.05) is 5.32 Å². The summed E-state index contributed by atoms with van der Waals surface area (Å²) in [6.07, 6.45) is 0.0278. The van der Waals surface area contributed by atoms with Crippen molar-refractivity contribution in [1.82, 2.24) is 5.43 Å². The lowest BCUT2D eigenvalue weighted by Gasteiger charge is -2.05. The van der Waals surface area contributed by atoms with Crippen LogP contribution < -0.4 is 10.7 Å². The van der Waals surface area contributed by atoms with Crippen molar-refractivity contribution in [2.24, 2.45) is 5.10 Å². The molecule has 0 saturated heterocycles. The summed E-state index contributed by atoms with van der Waals surface area (Å²) in [4.78, 5) is 23.6. The Kier molecular flexibility index (Phi) is 6.39. The molecule has 0 atom stereocenters.